The second-order valence-electron chi connectivity index (χ2n) is 5.52. The van der Waals surface area contributed by atoms with Crippen LogP contribution in [-0.2, 0) is 19.6 Å². The van der Waals surface area contributed by atoms with Gasteiger partial charge in [0.2, 0.25) is 5.91 Å². The maximum atomic E-state index is 12.2. The van der Waals surface area contributed by atoms with Gasteiger partial charge in [0.1, 0.15) is 0 Å². The Morgan fingerprint density at radius 1 is 1.08 bits per heavy atom. The Hall–Kier alpha value is -2.64. The molecule has 0 bridgehead atoms. The molecule has 2 aromatic rings. The summed E-state index contributed by atoms with van der Waals surface area (Å²) in [6.07, 6.45) is 2.58. The highest BCUT2D eigenvalue weighted by Gasteiger charge is 2.16. The lowest BCUT2D eigenvalue weighted by Crippen LogP contribution is -2.28. The summed E-state index contributed by atoms with van der Waals surface area (Å²) >= 11 is 6.00. The zero-order valence-corrected chi connectivity index (χ0v) is 15.7. The first-order chi connectivity index (χ1) is 12.2. The van der Waals surface area contributed by atoms with Gasteiger partial charge in [0, 0.05) is 23.7 Å². The molecule has 0 aliphatic heterocycles. The van der Waals surface area contributed by atoms with Crippen molar-refractivity contribution in [1.29, 1.82) is 0 Å². The molecule has 2 aromatic carbocycles. The molecule has 2 amide bonds. The van der Waals surface area contributed by atoms with Crippen molar-refractivity contribution in [2.45, 2.75) is 18.7 Å². The van der Waals surface area contributed by atoms with E-state index >= 15 is 0 Å². The number of hydrogen-bond acceptors (Lipinski definition) is 4. The number of amides is 2. The lowest BCUT2D eigenvalue weighted by Gasteiger charge is -2.06. The van der Waals surface area contributed by atoms with Gasteiger partial charge in [-0.25, -0.2) is 13.1 Å². The van der Waals surface area contributed by atoms with Gasteiger partial charge in [0.05, 0.1) is 4.90 Å². The first kappa shape index (κ1) is 19.7. The topological polar surface area (TPSA) is 92.3 Å². The fourth-order valence-electron chi connectivity index (χ4n) is 2.03. The first-order valence-corrected chi connectivity index (χ1v) is 9.42. The number of sulfonamides is 1. The molecule has 8 heteroatoms. The van der Waals surface area contributed by atoms with Crippen LogP contribution in [0.25, 0.3) is 6.08 Å². The van der Waals surface area contributed by atoms with Gasteiger partial charge in [-0.2, -0.15) is 0 Å². The third-order valence-corrected chi connectivity index (χ3v) is 5.11. The van der Waals surface area contributed by atoms with Crippen LogP contribution in [0.2, 0.25) is 5.02 Å². The summed E-state index contributed by atoms with van der Waals surface area (Å²) in [6, 6.07) is 10.7. The van der Waals surface area contributed by atoms with E-state index in [1.165, 1.54) is 37.3 Å². The highest BCUT2D eigenvalue weighted by molar-refractivity contribution is 7.90. The van der Waals surface area contributed by atoms with Gasteiger partial charge >= 0.3 is 0 Å². The van der Waals surface area contributed by atoms with E-state index in [0.717, 1.165) is 11.6 Å². The minimum atomic E-state index is -4.01. The Kier molecular flexibility index (Phi) is 6.18. The Morgan fingerprint density at radius 2 is 1.73 bits per heavy atom. The maximum Gasteiger partial charge on any atom is 0.264 e. The van der Waals surface area contributed by atoms with E-state index in [1.54, 1.807) is 18.2 Å². The average Bonchev–Trinajstić information content (AvgIpc) is 2.55. The van der Waals surface area contributed by atoms with Crippen molar-refractivity contribution in [3.05, 3.63) is 64.7 Å². The fourth-order valence-corrected chi connectivity index (χ4v) is 3.16. The molecule has 0 aliphatic carbocycles. The van der Waals surface area contributed by atoms with E-state index in [2.05, 4.69) is 5.32 Å². The highest BCUT2D eigenvalue weighted by atomic mass is 35.5. The van der Waals surface area contributed by atoms with Gasteiger partial charge in [-0.05, 0) is 54.5 Å². The number of nitrogens with one attached hydrogen (secondary N) is 2. The number of carbonyl (C=O) groups is 2. The van der Waals surface area contributed by atoms with Crippen LogP contribution in [0.4, 0.5) is 5.69 Å². The van der Waals surface area contributed by atoms with Crippen molar-refractivity contribution in [3.63, 3.8) is 0 Å². The summed E-state index contributed by atoms with van der Waals surface area (Å²) in [5.74, 6) is -1.05. The van der Waals surface area contributed by atoms with E-state index < -0.39 is 15.9 Å². The summed E-state index contributed by atoms with van der Waals surface area (Å²) in [7, 11) is -4.01. The van der Waals surface area contributed by atoms with E-state index in [0.29, 0.717) is 16.3 Å². The van der Waals surface area contributed by atoms with Crippen molar-refractivity contribution in [3.8, 4) is 0 Å². The van der Waals surface area contributed by atoms with Gasteiger partial charge in [-0.15, -0.1) is 0 Å². The second kappa shape index (κ2) is 8.16. The molecule has 0 spiro atoms. The molecule has 26 heavy (non-hydrogen) atoms. The van der Waals surface area contributed by atoms with Crippen LogP contribution in [0.15, 0.2) is 53.4 Å². The molecule has 0 atom stereocenters. The van der Waals surface area contributed by atoms with E-state index in [9.17, 15) is 18.0 Å². The number of benzene rings is 2. The number of halogens is 1. The molecule has 0 aliphatic rings. The smallest absolute Gasteiger partial charge is 0.264 e. The standard InChI is InChI=1S/C18H17ClN2O4S/c1-12-3-4-14(11-17(12)19)5-10-18(23)21-26(24,25)16-8-6-15(7-9-16)20-13(2)22/h3-11H,1-2H3,(H,20,22)(H,21,23)/b10-5+. The summed E-state index contributed by atoms with van der Waals surface area (Å²) in [6.45, 7) is 3.20. The van der Waals surface area contributed by atoms with Crippen molar-refractivity contribution in [1.82, 2.24) is 4.72 Å². The van der Waals surface area contributed by atoms with Gasteiger partial charge in [-0.1, -0.05) is 23.7 Å². The van der Waals surface area contributed by atoms with Crippen molar-refractivity contribution in [2.75, 3.05) is 5.32 Å². The number of aryl methyl sites for hydroxylation is 1. The molecule has 0 aromatic heterocycles. The second-order valence-corrected chi connectivity index (χ2v) is 7.61. The molecular weight excluding hydrogens is 376 g/mol. The highest BCUT2D eigenvalue weighted by Crippen LogP contribution is 2.17. The molecule has 0 heterocycles. The van der Waals surface area contributed by atoms with Crippen LogP contribution in [0.3, 0.4) is 0 Å². The summed E-state index contributed by atoms with van der Waals surface area (Å²) in [5.41, 5.74) is 2.03. The molecule has 0 unspecified atom stereocenters. The Bertz CT molecular complexity index is 967. The third-order valence-electron chi connectivity index (χ3n) is 3.34. The van der Waals surface area contributed by atoms with Crippen LogP contribution >= 0.6 is 11.6 Å². The number of rotatable bonds is 5. The molecule has 0 saturated carbocycles. The zero-order valence-electron chi connectivity index (χ0n) is 14.1. The number of hydrogen-bond donors (Lipinski definition) is 2. The van der Waals surface area contributed by atoms with Crippen LogP contribution < -0.4 is 10.0 Å². The van der Waals surface area contributed by atoms with Gasteiger partial charge < -0.3 is 5.32 Å². The Morgan fingerprint density at radius 3 is 2.31 bits per heavy atom. The number of anilines is 1. The van der Waals surface area contributed by atoms with E-state index in [1.807, 2.05) is 11.6 Å². The van der Waals surface area contributed by atoms with Crippen LogP contribution in [0.5, 0.6) is 0 Å². The molecule has 0 fully saturated rings. The average molecular weight is 393 g/mol. The van der Waals surface area contributed by atoms with Crippen LogP contribution in [0, 0.1) is 6.92 Å². The van der Waals surface area contributed by atoms with Crippen LogP contribution in [0.1, 0.15) is 18.1 Å². The van der Waals surface area contributed by atoms with Gasteiger partial charge in [-0.3, -0.25) is 9.59 Å². The monoisotopic (exact) mass is 392 g/mol. The maximum absolute atomic E-state index is 12.2. The minimum absolute atomic E-state index is 0.0910. The molecule has 2 rings (SSSR count). The molecule has 136 valence electrons. The number of carbonyl (C=O) groups excluding carboxylic acids is 2. The lowest BCUT2D eigenvalue weighted by atomic mass is 10.1. The SMILES string of the molecule is CC(=O)Nc1ccc(S(=O)(=O)NC(=O)/C=C/c2ccc(C)c(Cl)c2)cc1. The summed E-state index contributed by atoms with van der Waals surface area (Å²) in [5, 5.41) is 3.08. The quantitative estimate of drug-likeness (QED) is 0.764. The predicted molar refractivity (Wildman–Crippen MR) is 101 cm³/mol. The molecule has 2 N–H and O–H groups in total. The fraction of sp³-hybridized carbons (Fsp3) is 0.111. The Balaban J connectivity index is 2.07. The van der Waals surface area contributed by atoms with Crippen LogP contribution in [-0.4, -0.2) is 20.2 Å². The largest absolute Gasteiger partial charge is 0.326 e. The normalized spacial score (nSPS) is 11.3. The lowest BCUT2D eigenvalue weighted by molar-refractivity contribution is -0.115. The zero-order chi connectivity index (χ0) is 19.3. The first-order valence-electron chi connectivity index (χ1n) is 7.56. The summed E-state index contributed by atoms with van der Waals surface area (Å²) < 4.78 is 26.4. The van der Waals surface area contributed by atoms with Crippen molar-refractivity contribution in [2.24, 2.45) is 0 Å². The molecule has 0 radical (unpaired) electrons. The van der Waals surface area contributed by atoms with Gasteiger partial charge in [0.25, 0.3) is 15.9 Å². The predicted octanol–water partition coefficient (Wildman–Crippen LogP) is 3.13. The van der Waals surface area contributed by atoms with E-state index in [-0.39, 0.29) is 10.8 Å². The molecule has 0 saturated heterocycles. The Labute approximate surface area is 156 Å². The van der Waals surface area contributed by atoms with Crippen molar-refractivity contribution < 1.29 is 18.0 Å². The minimum Gasteiger partial charge on any atom is -0.326 e. The molecular formula is C18H17ClN2O4S. The van der Waals surface area contributed by atoms with Gasteiger partial charge in [0.15, 0.2) is 0 Å². The molecule has 6 nitrogen and oxygen atoms in total. The summed E-state index contributed by atoms with van der Waals surface area (Å²) in [4.78, 5) is 22.8. The van der Waals surface area contributed by atoms with Crippen molar-refractivity contribution >= 4 is 45.2 Å². The van der Waals surface area contributed by atoms with E-state index in [4.69, 9.17) is 11.6 Å². The third kappa shape index (κ3) is 5.44.